The van der Waals surface area contributed by atoms with E-state index in [9.17, 15) is 9.00 Å². The van der Waals surface area contributed by atoms with E-state index in [1.165, 1.54) is 0 Å². The zero-order valence-electron chi connectivity index (χ0n) is 18.9. The summed E-state index contributed by atoms with van der Waals surface area (Å²) >= 11 is 0. The van der Waals surface area contributed by atoms with Crippen LogP contribution in [0.15, 0.2) is 29.3 Å². The average molecular weight is 435 g/mol. The van der Waals surface area contributed by atoms with E-state index >= 15 is 0 Å². The second-order valence-electron chi connectivity index (χ2n) is 7.97. The van der Waals surface area contributed by atoms with Crippen molar-refractivity contribution >= 4 is 22.7 Å². The van der Waals surface area contributed by atoms with Crippen LogP contribution in [-0.2, 0) is 17.3 Å². The van der Waals surface area contributed by atoms with Gasteiger partial charge in [-0.05, 0) is 57.2 Å². The topological polar surface area (TPSA) is 82.6 Å². The summed E-state index contributed by atoms with van der Waals surface area (Å²) in [4.78, 5) is 16.9. The predicted molar refractivity (Wildman–Crippen MR) is 126 cm³/mol. The van der Waals surface area contributed by atoms with Crippen molar-refractivity contribution in [2.75, 3.05) is 12.3 Å². The number of carbonyl (C=O) groups is 1. The minimum atomic E-state index is -0.730. The summed E-state index contributed by atoms with van der Waals surface area (Å²) < 4.78 is 12.2. The summed E-state index contributed by atoms with van der Waals surface area (Å²) in [6.07, 6.45) is 5.10. The van der Waals surface area contributed by atoms with Crippen molar-refractivity contribution in [2.45, 2.75) is 83.7 Å². The van der Waals surface area contributed by atoms with Crippen LogP contribution in [0.3, 0.4) is 0 Å². The lowest BCUT2D eigenvalue weighted by Gasteiger charge is -2.30. The van der Waals surface area contributed by atoms with Crippen LogP contribution in [0.4, 0.5) is 0 Å². The molecule has 0 radical (unpaired) electrons. The number of hydrogen-bond donors (Lipinski definition) is 3. The second kappa shape index (κ2) is 12.7. The van der Waals surface area contributed by atoms with E-state index in [1.807, 2.05) is 38.1 Å². The van der Waals surface area contributed by atoms with E-state index in [2.05, 4.69) is 29.8 Å². The molecule has 1 aromatic rings. The van der Waals surface area contributed by atoms with Crippen LogP contribution >= 0.6 is 0 Å². The van der Waals surface area contributed by atoms with Gasteiger partial charge in [-0.2, -0.15) is 0 Å². The fourth-order valence-electron chi connectivity index (χ4n) is 3.60. The Hall–Kier alpha value is -1.89. The van der Waals surface area contributed by atoms with E-state index in [4.69, 9.17) is 4.99 Å². The molecule has 0 bridgehead atoms. The molecular weight excluding hydrogens is 396 g/mol. The third-order valence-electron chi connectivity index (χ3n) is 5.59. The van der Waals surface area contributed by atoms with Gasteiger partial charge in [-0.3, -0.25) is 9.00 Å². The molecule has 1 aliphatic carbocycles. The molecule has 4 atom stereocenters. The lowest BCUT2D eigenvalue weighted by molar-refractivity contribution is 0.0939. The van der Waals surface area contributed by atoms with Crippen LogP contribution in [-0.4, -0.2) is 45.7 Å². The van der Waals surface area contributed by atoms with E-state index in [-0.39, 0.29) is 11.9 Å². The van der Waals surface area contributed by atoms with Crippen molar-refractivity contribution in [3.63, 3.8) is 0 Å². The molecule has 0 aliphatic heterocycles. The standard InChI is InChI=1S/C23H38N4O2S/c1-5-17(4)26-22(28)19-13-11-18(12-14-19)16-25-23(24-6-2)27-20-9-8-10-21(15-20)30(29)7-3/h11-14,17,20-21H,5-10,15-16H2,1-4H3,(H,26,28)(H2,24,25,27). The van der Waals surface area contributed by atoms with E-state index in [0.717, 1.165) is 55.9 Å². The number of rotatable bonds is 9. The smallest absolute Gasteiger partial charge is 0.251 e. The molecule has 7 heteroatoms. The quantitative estimate of drug-likeness (QED) is 0.411. The third kappa shape index (κ3) is 7.74. The second-order valence-corrected chi connectivity index (χ2v) is 9.98. The fourth-order valence-corrected chi connectivity index (χ4v) is 4.95. The van der Waals surface area contributed by atoms with E-state index in [0.29, 0.717) is 23.4 Å². The number of carbonyl (C=O) groups excluding carboxylic acids is 1. The van der Waals surface area contributed by atoms with Crippen LogP contribution in [0.1, 0.15) is 75.7 Å². The van der Waals surface area contributed by atoms with Gasteiger partial charge in [0.05, 0.1) is 6.54 Å². The maximum Gasteiger partial charge on any atom is 0.251 e. The van der Waals surface area contributed by atoms with Crippen LogP contribution in [0.2, 0.25) is 0 Å². The number of nitrogens with one attached hydrogen (secondary N) is 3. The first-order chi connectivity index (χ1) is 14.5. The maximum atomic E-state index is 12.2. The number of guanidine groups is 1. The van der Waals surface area contributed by atoms with Gasteiger partial charge in [-0.1, -0.05) is 32.4 Å². The molecule has 0 saturated heterocycles. The first-order valence-corrected chi connectivity index (χ1v) is 12.7. The van der Waals surface area contributed by atoms with Crippen LogP contribution in [0.25, 0.3) is 0 Å². The first kappa shape index (κ1) is 24.4. The fraction of sp³-hybridized carbons (Fsp3) is 0.652. The summed E-state index contributed by atoms with van der Waals surface area (Å²) in [5, 5.41) is 10.1. The monoisotopic (exact) mass is 434 g/mol. The number of nitrogens with zero attached hydrogens (tertiary/aromatic N) is 1. The van der Waals surface area contributed by atoms with Gasteiger partial charge in [0.25, 0.3) is 5.91 Å². The van der Waals surface area contributed by atoms with Gasteiger partial charge in [0.15, 0.2) is 5.96 Å². The van der Waals surface area contributed by atoms with Crippen LogP contribution in [0.5, 0.6) is 0 Å². The zero-order valence-corrected chi connectivity index (χ0v) is 19.7. The molecule has 1 amide bonds. The molecule has 6 nitrogen and oxygen atoms in total. The van der Waals surface area contributed by atoms with Crippen molar-refractivity contribution in [3.8, 4) is 0 Å². The summed E-state index contributed by atoms with van der Waals surface area (Å²) in [6.45, 7) is 9.44. The molecule has 2 rings (SSSR count). The van der Waals surface area contributed by atoms with Crippen molar-refractivity contribution in [1.29, 1.82) is 0 Å². The van der Waals surface area contributed by atoms with Gasteiger partial charge in [-0.25, -0.2) is 4.99 Å². The largest absolute Gasteiger partial charge is 0.357 e. The summed E-state index contributed by atoms with van der Waals surface area (Å²) in [5.41, 5.74) is 1.73. The highest BCUT2D eigenvalue weighted by molar-refractivity contribution is 7.85. The van der Waals surface area contributed by atoms with Crippen molar-refractivity contribution in [2.24, 2.45) is 4.99 Å². The molecular formula is C23H38N4O2S. The number of amides is 1. The molecule has 1 aliphatic rings. The molecule has 4 unspecified atom stereocenters. The molecule has 0 aromatic heterocycles. The minimum Gasteiger partial charge on any atom is -0.357 e. The van der Waals surface area contributed by atoms with Crippen molar-refractivity contribution in [1.82, 2.24) is 16.0 Å². The highest BCUT2D eigenvalue weighted by Gasteiger charge is 2.26. The number of hydrogen-bond acceptors (Lipinski definition) is 3. The van der Waals surface area contributed by atoms with Gasteiger partial charge < -0.3 is 16.0 Å². The Morgan fingerprint density at radius 1 is 1.20 bits per heavy atom. The highest BCUT2D eigenvalue weighted by Crippen LogP contribution is 2.23. The van der Waals surface area contributed by atoms with Gasteiger partial charge in [0.2, 0.25) is 0 Å². The highest BCUT2D eigenvalue weighted by atomic mass is 32.2. The lowest BCUT2D eigenvalue weighted by Crippen LogP contribution is -2.46. The Kier molecular flexibility index (Phi) is 10.3. The Morgan fingerprint density at radius 2 is 1.93 bits per heavy atom. The molecule has 3 N–H and O–H groups in total. The number of aliphatic imine (C=N–C) groups is 1. The van der Waals surface area contributed by atoms with E-state index < -0.39 is 10.8 Å². The summed E-state index contributed by atoms with van der Waals surface area (Å²) in [6, 6.07) is 8.11. The Labute approximate surface area is 184 Å². The average Bonchev–Trinajstić information content (AvgIpc) is 2.77. The summed E-state index contributed by atoms with van der Waals surface area (Å²) in [5.74, 6) is 1.49. The molecule has 1 aromatic carbocycles. The SMILES string of the molecule is CCNC(=NCc1ccc(C(=O)NC(C)CC)cc1)NC1CCCC(S(=O)CC)C1. The lowest BCUT2D eigenvalue weighted by atomic mass is 9.95. The van der Waals surface area contributed by atoms with Crippen molar-refractivity contribution in [3.05, 3.63) is 35.4 Å². The normalized spacial score (nSPS) is 21.5. The third-order valence-corrected chi connectivity index (χ3v) is 7.33. The minimum absolute atomic E-state index is 0.0364. The van der Waals surface area contributed by atoms with Gasteiger partial charge >= 0.3 is 0 Å². The van der Waals surface area contributed by atoms with Crippen LogP contribution < -0.4 is 16.0 Å². The molecule has 30 heavy (non-hydrogen) atoms. The van der Waals surface area contributed by atoms with Gasteiger partial charge in [0, 0.05) is 46.0 Å². The molecule has 0 spiro atoms. The van der Waals surface area contributed by atoms with Gasteiger partial charge in [-0.15, -0.1) is 0 Å². The van der Waals surface area contributed by atoms with Crippen molar-refractivity contribution < 1.29 is 9.00 Å². The summed E-state index contributed by atoms with van der Waals surface area (Å²) in [7, 11) is -0.730. The first-order valence-electron chi connectivity index (χ1n) is 11.3. The molecule has 168 valence electrons. The Balaban J connectivity index is 1.95. The van der Waals surface area contributed by atoms with Crippen LogP contribution in [0, 0.1) is 0 Å². The number of benzene rings is 1. The molecule has 1 saturated carbocycles. The van der Waals surface area contributed by atoms with E-state index in [1.54, 1.807) is 0 Å². The predicted octanol–water partition coefficient (Wildman–Crippen LogP) is 3.35. The Bertz CT molecular complexity index is 720. The van der Waals surface area contributed by atoms with Gasteiger partial charge in [0.1, 0.15) is 0 Å². The zero-order chi connectivity index (χ0) is 21.9. The molecule has 0 heterocycles. The molecule has 1 fully saturated rings. The Morgan fingerprint density at radius 3 is 2.57 bits per heavy atom. The maximum absolute atomic E-state index is 12.2.